The van der Waals surface area contributed by atoms with Gasteiger partial charge in [0.1, 0.15) is 19.3 Å². The summed E-state index contributed by atoms with van der Waals surface area (Å²) in [6.45, 7) is 6.84. The molecular formula is C64H116N2O7P+. The van der Waals surface area contributed by atoms with Crippen molar-refractivity contribution in [2.24, 2.45) is 0 Å². The highest BCUT2D eigenvalue weighted by Crippen LogP contribution is 2.43. The molecule has 0 saturated carbocycles. The molecule has 0 aliphatic rings. The van der Waals surface area contributed by atoms with Gasteiger partial charge in [-0.25, -0.2) is 4.57 Å². The van der Waals surface area contributed by atoms with Crippen molar-refractivity contribution in [3.8, 4) is 0 Å². The molecule has 0 aliphatic carbocycles. The van der Waals surface area contributed by atoms with Gasteiger partial charge in [-0.15, -0.1) is 0 Å². The number of likely N-dealkylation sites (N-methyl/N-ethyl adjacent to an activating group) is 1. The molecule has 0 heterocycles. The SMILES string of the molecule is CC/C=C/C=C/C=C/CCCCCCCCCC(=O)OC(/C=C\CCCCCCCCCCCC)C(COP(=O)(O)OCC[N+](C)(C)C)NC(=O)CCCCCCCCCC/C=C\C/C=C\C/C=C\CCCCC. The summed E-state index contributed by atoms with van der Waals surface area (Å²) in [5.74, 6) is -0.529. The van der Waals surface area contributed by atoms with E-state index in [9.17, 15) is 19.0 Å². The monoisotopic (exact) mass is 1060 g/mol. The molecule has 0 aliphatic heterocycles. The number of esters is 1. The molecule has 0 aromatic carbocycles. The quantitative estimate of drug-likeness (QED) is 0.0156. The number of allylic oxidation sites excluding steroid dienone is 13. The lowest BCUT2D eigenvalue weighted by Gasteiger charge is -2.27. The van der Waals surface area contributed by atoms with Crippen molar-refractivity contribution in [3.63, 3.8) is 0 Å². The van der Waals surface area contributed by atoms with Crippen molar-refractivity contribution in [1.29, 1.82) is 0 Å². The Morgan fingerprint density at radius 2 is 0.919 bits per heavy atom. The number of nitrogens with one attached hydrogen (secondary N) is 1. The van der Waals surface area contributed by atoms with Gasteiger partial charge in [-0.3, -0.25) is 18.6 Å². The Kier molecular flexibility index (Phi) is 51.5. The number of amides is 1. The van der Waals surface area contributed by atoms with Gasteiger partial charge in [-0.05, 0) is 89.5 Å². The fraction of sp³-hybridized carbons (Fsp3) is 0.750. The zero-order valence-corrected chi connectivity index (χ0v) is 49.7. The molecule has 0 aromatic heterocycles. The van der Waals surface area contributed by atoms with Crippen LogP contribution in [0.5, 0.6) is 0 Å². The van der Waals surface area contributed by atoms with E-state index in [4.69, 9.17) is 13.8 Å². The Bertz CT molecular complexity index is 1540. The lowest BCUT2D eigenvalue weighted by Crippen LogP contribution is -2.47. The van der Waals surface area contributed by atoms with E-state index in [1.165, 1.54) is 122 Å². The summed E-state index contributed by atoms with van der Waals surface area (Å²) in [6, 6.07) is -0.861. The van der Waals surface area contributed by atoms with Crippen LogP contribution < -0.4 is 5.32 Å². The van der Waals surface area contributed by atoms with E-state index in [0.29, 0.717) is 17.4 Å². The molecule has 3 atom stereocenters. The van der Waals surface area contributed by atoms with Crippen molar-refractivity contribution >= 4 is 19.7 Å². The van der Waals surface area contributed by atoms with Gasteiger partial charge in [-0.2, -0.15) is 0 Å². The molecule has 2 N–H and O–H groups in total. The van der Waals surface area contributed by atoms with Crippen molar-refractivity contribution in [3.05, 3.63) is 85.1 Å². The van der Waals surface area contributed by atoms with Crippen LogP contribution in [0.4, 0.5) is 0 Å². The van der Waals surface area contributed by atoms with Crippen molar-refractivity contribution in [1.82, 2.24) is 5.32 Å². The van der Waals surface area contributed by atoms with E-state index in [2.05, 4.69) is 99.0 Å². The number of quaternary nitrogens is 1. The van der Waals surface area contributed by atoms with Gasteiger partial charge in [0.15, 0.2) is 0 Å². The number of phosphoric ester groups is 1. The number of phosphoric acid groups is 1. The average molecular weight is 1060 g/mol. The van der Waals surface area contributed by atoms with E-state index in [1.54, 1.807) is 0 Å². The summed E-state index contributed by atoms with van der Waals surface area (Å²) < 4.78 is 30.7. The van der Waals surface area contributed by atoms with Crippen LogP contribution >= 0.6 is 7.82 Å². The van der Waals surface area contributed by atoms with Gasteiger partial charge >= 0.3 is 13.8 Å². The second kappa shape index (κ2) is 53.6. The number of hydrogen-bond acceptors (Lipinski definition) is 6. The third-order valence-electron chi connectivity index (χ3n) is 13.1. The standard InChI is InChI=1S/C64H115N2O7P/c1-7-10-13-16-19-22-25-28-30-31-32-33-34-35-37-38-41-44-47-50-53-56-63(67)65-61(60-72-74(69,70)71-59-58-66(4,5)6)62(55-52-49-46-43-40-27-24-21-18-15-12-9-3)73-64(68)57-54-51-48-45-42-39-36-29-26-23-20-17-14-11-8-2/h11,14,17,19-20,22-23,26,28,30,32-33,52,55,61-62H,7-10,12-13,15-16,18,21,24-25,27,29,31,34-51,53-54,56-60H2,1-6H3,(H-,65,67,69,70)/p+1/b14-11+,20-17+,22-19-,26-23+,30-28-,33-32-,55-52-. The average Bonchev–Trinajstić information content (AvgIpc) is 3.36. The molecule has 74 heavy (non-hydrogen) atoms. The van der Waals surface area contributed by atoms with E-state index < -0.39 is 20.0 Å². The molecule has 0 saturated heterocycles. The summed E-state index contributed by atoms with van der Waals surface area (Å²) >= 11 is 0. The second-order valence-electron chi connectivity index (χ2n) is 21.6. The minimum Gasteiger partial charge on any atom is -0.456 e. The number of ether oxygens (including phenoxy) is 1. The van der Waals surface area contributed by atoms with E-state index in [-0.39, 0.29) is 31.5 Å². The molecule has 3 unspecified atom stereocenters. The molecule has 0 fully saturated rings. The van der Waals surface area contributed by atoms with Gasteiger partial charge < -0.3 is 19.4 Å². The molecule has 0 bridgehead atoms. The topological polar surface area (TPSA) is 111 Å². The van der Waals surface area contributed by atoms with Gasteiger partial charge in [0, 0.05) is 12.8 Å². The number of carbonyl (C=O) groups is 2. The smallest absolute Gasteiger partial charge is 0.456 e. The first-order valence-electron chi connectivity index (χ1n) is 30.4. The molecule has 0 rings (SSSR count). The summed E-state index contributed by atoms with van der Waals surface area (Å²) in [5.41, 5.74) is 0. The number of carbonyl (C=O) groups excluding carboxylic acids is 2. The maximum absolute atomic E-state index is 13.5. The van der Waals surface area contributed by atoms with Gasteiger partial charge in [0.2, 0.25) is 5.91 Å². The first-order chi connectivity index (χ1) is 35.9. The Labute approximate surface area is 456 Å². The van der Waals surface area contributed by atoms with Gasteiger partial charge in [0.25, 0.3) is 0 Å². The second-order valence-corrected chi connectivity index (χ2v) is 23.0. The molecule has 1 amide bonds. The lowest BCUT2D eigenvalue weighted by atomic mass is 10.0. The normalized spacial score (nSPS) is 14.3. The Morgan fingerprint density at radius 3 is 1.43 bits per heavy atom. The highest BCUT2D eigenvalue weighted by molar-refractivity contribution is 7.47. The Hall–Kier alpha value is -2.81. The molecule has 0 radical (unpaired) electrons. The van der Waals surface area contributed by atoms with Crippen LogP contribution in [-0.2, 0) is 27.9 Å². The highest BCUT2D eigenvalue weighted by atomic mass is 31.2. The number of hydrogen-bond donors (Lipinski definition) is 2. The number of rotatable bonds is 54. The van der Waals surface area contributed by atoms with E-state index >= 15 is 0 Å². The van der Waals surface area contributed by atoms with Crippen molar-refractivity contribution in [2.75, 3.05) is 40.9 Å². The molecule has 428 valence electrons. The highest BCUT2D eigenvalue weighted by Gasteiger charge is 2.30. The van der Waals surface area contributed by atoms with Gasteiger partial charge in [0.05, 0.1) is 33.8 Å². The summed E-state index contributed by atoms with van der Waals surface area (Å²) in [5, 5.41) is 3.05. The molecule has 0 aromatic rings. The van der Waals surface area contributed by atoms with Crippen LogP contribution in [0.15, 0.2) is 85.1 Å². The largest absolute Gasteiger partial charge is 0.472 e. The zero-order chi connectivity index (χ0) is 54.3. The first-order valence-corrected chi connectivity index (χ1v) is 31.9. The minimum atomic E-state index is -4.46. The van der Waals surface area contributed by atoms with E-state index in [0.717, 1.165) is 103 Å². The number of nitrogens with zero attached hydrogens (tertiary/aromatic N) is 1. The number of unbranched alkanes of at least 4 members (excludes halogenated alkanes) is 28. The lowest BCUT2D eigenvalue weighted by molar-refractivity contribution is -0.870. The zero-order valence-electron chi connectivity index (χ0n) is 48.8. The summed E-state index contributed by atoms with van der Waals surface area (Å²) in [4.78, 5) is 37.7. The van der Waals surface area contributed by atoms with Crippen molar-refractivity contribution < 1.29 is 37.3 Å². The predicted molar refractivity (Wildman–Crippen MR) is 318 cm³/mol. The predicted octanol–water partition coefficient (Wildman–Crippen LogP) is 18.6. The summed E-state index contributed by atoms with van der Waals surface area (Å²) in [6.07, 6.45) is 70.0. The Morgan fingerprint density at radius 1 is 0.500 bits per heavy atom. The molecule has 10 heteroatoms. The van der Waals surface area contributed by atoms with Crippen molar-refractivity contribution in [2.45, 2.75) is 270 Å². The maximum atomic E-state index is 13.5. The molecule has 0 spiro atoms. The first kappa shape index (κ1) is 71.2. The van der Waals surface area contributed by atoms with Crippen LogP contribution in [0.25, 0.3) is 0 Å². The third kappa shape index (κ3) is 54.0. The van der Waals surface area contributed by atoms with Crippen LogP contribution in [0.3, 0.4) is 0 Å². The maximum Gasteiger partial charge on any atom is 0.472 e. The fourth-order valence-electron chi connectivity index (χ4n) is 8.42. The van der Waals surface area contributed by atoms with Crippen LogP contribution in [-0.4, -0.2) is 74.3 Å². The van der Waals surface area contributed by atoms with Crippen LogP contribution in [0, 0.1) is 0 Å². The molecule has 9 nitrogen and oxygen atoms in total. The fourth-order valence-corrected chi connectivity index (χ4v) is 9.15. The third-order valence-corrected chi connectivity index (χ3v) is 14.1. The van der Waals surface area contributed by atoms with Crippen LogP contribution in [0.2, 0.25) is 0 Å². The van der Waals surface area contributed by atoms with Gasteiger partial charge in [-0.1, -0.05) is 241 Å². The summed E-state index contributed by atoms with van der Waals surface area (Å²) in [7, 11) is 1.47. The minimum absolute atomic E-state index is 0.0331. The molecular weight excluding hydrogens is 940 g/mol. The Balaban J connectivity index is 5.28. The van der Waals surface area contributed by atoms with Crippen LogP contribution in [0.1, 0.15) is 258 Å². The van der Waals surface area contributed by atoms with E-state index in [1.807, 2.05) is 33.3 Å².